The Hall–Kier alpha value is -1.80. The van der Waals surface area contributed by atoms with E-state index in [0.29, 0.717) is 29.1 Å². The highest BCUT2D eigenvalue weighted by Crippen LogP contribution is 2.40. The van der Waals surface area contributed by atoms with Crippen LogP contribution in [-0.2, 0) is 0 Å². The minimum Gasteiger partial charge on any atom is -0.356 e. The molecular weight excluding hydrogens is 312 g/mol. The van der Waals surface area contributed by atoms with E-state index in [1.807, 2.05) is 4.90 Å². The van der Waals surface area contributed by atoms with Crippen molar-refractivity contribution < 1.29 is 4.79 Å². The molecule has 0 saturated carbocycles. The SMILES string of the molecule is CCC[C@H]1CCC[C@H]2[C@@H]3C[C@@H](CN(C(=O)c4cc(C#N)c[nH]4)C3)CN12. The number of hydrogen-bond donors (Lipinski definition) is 1. The van der Waals surface area contributed by atoms with E-state index in [4.69, 9.17) is 5.26 Å². The number of carbonyl (C=O) groups is 1. The average Bonchev–Trinajstić information content (AvgIpc) is 3.11. The first-order chi connectivity index (χ1) is 12.2. The molecule has 0 radical (unpaired) electrons. The van der Waals surface area contributed by atoms with Crippen molar-refractivity contribution in [3.8, 4) is 6.07 Å². The zero-order valence-corrected chi connectivity index (χ0v) is 15.1. The Bertz CT molecular complexity index is 673. The maximum atomic E-state index is 12.9. The molecule has 0 aliphatic carbocycles. The number of piperidine rings is 3. The van der Waals surface area contributed by atoms with Crippen LogP contribution in [0, 0.1) is 23.2 Å². The van der Waals surface area contributed by atoms with Gasteiger partial charge in [0.05, 0.1) is 5.56 Å². The van der Waals surface area contributed by atoms with Crippen LogP contribution in [0.25, 0.3) is 0 Å². The van der Waals surface area contributed by atoms with E-state index >= 15 is 0 Å². The van der Waals surface area contributed by atoms with Crippen molar-refractivity contribution in [2.45, 2.75) is 57.5 Å². The normalized spacial score (nSPS) is 32.1. The van der Waals surface area contributed by atoms with Crippen LogP contribution in [0.1, 0.15) is 61.5 Å². The van der Waals surface area contributed by atoms with Crippen molar-refractivity contribution in [2.75, 3.05) is 19.6 Å². The minimum absolute atomic E-state index is 0.0607. The van der Waals surface area contributed by atoms with Crippen molar-refractivity contribution in [1.29, 1.82) is 5.26 Å². The van der Waals surface area contributed by atoms with Crippen molar-refractivity contribution in [3.63, 3.8) is 0 Å². The number of H-pyrrole nitrogens is 1. The number of fused-ring (bicyclic) bond motifs is 4. The van der Waals surface area contributed by atoms with Crippen molar-refractivity contribution in [2.24, 2.45) is 11.8 Å². The number of nitrogens with one attached hydrogen (secondary N) is 1. The highest BCUT2D eigenvalue weighted by atomic mass is 16.2. The van der Waals surface area contributed by atoms with E-state index in [1.165, 1.54) is 38.5 Å². The highest BCUT2D eigenvalue weighted by Gasteiger charge is 2.45. The standard InChI is InChI=1S/C20H28N4O/c1-2-4-17-5-3-6-19-16-7-15(12-24(17)19)11-23(13-16)20(25)18-8-14(9-21)10-22-18/h8,10,15-17,19,22H,2-7,11-13H2,1H3/t15-,16+,17-,19-/m0/s1. The van der Waals surface area contributed by atoms with E-state index < -0.39 is 0 Å². The molecule has 1 N–H and O–H groups in total. The molecule has 3 fully saturated rings. The summed E-state index contributed by atoms with van der Waals surface area (Å²) in [6, 6.07) is 5.19. The molecule has 1 aromatic heterocycles. The molecule has 4 rings (SSSR count). The number of carbonyl (C=O) groups excluding carboxylic acids is 1. The summed E-state index contributed by atoms with van der Waals surface area (Å²) in [4.78, 5) is 20.7. The van der Waals surface area contributed by atoms with Gasteiger partial charge in [0.2, 0.25) is 0 Å². The number of hydrogen-bond acceptors (Lipinski definition) is 3. The molecule has 3 aliphatic heterocycles. The third kappa shape index (κ3) is 3.08. The fourth-order valence-electron chi connectivity index (χ4n) is 5.47. The highest BCUT2D eigenvalue weighted by molar-refractivity contribution is 5.93. The van der Waals surface area contributed by atoms with E-state index in [9.17, 15) is 4.79 Å². The van der Waals surface area contributed by atoms with Gasteiger partial charge in [-0.25, -0.2) is 0 Å². The molecule has 134 valence electrons. The maximum Gasteiger partial charge on any atom is 0.270 e. The molecule has 4 heterocycles. The van der Waals surface area contributed by atoms with Gasteiger partial charge in [-0.05, 0) is 43.6 Å². The third-order valence-electron chi connectivity index (χ3n) is 6.47. The van der Waals surface area contributed by atoms with Crippen LogP contribution >= 0.6 is 0 Å². The topological polar surface area (TPSA) is 63.1 Å². The predicted molar refractivity (Wildman–Crippen MR) is 96.0 cm³/mol. The lowest BCUT2D eigenvalue weighted by Gasteiger charge is -2.55. The third-order valence-corrected chi connectivity index (χ3v) is 6.47. The summed E-state index contributed by atoms with van der Waals surface area (Å²) >= 11 is 0. The monoisotopic (exact) mass is 340 g/mol. The number of nitrogens with zero attached hydrogens (tertiary/aromatic N) is 3. The smallest absolute Gasteiger partial charge is 0.270 e. The lowest BCUT2D eigenvalue weighted by atomic mass is 9.74. The Labute approximate surface area is 150 Å². The summed E-state index contributed by atoms with van der Waals surface area (Å²) in [5.41, 5.74) is 1.09. The van der Waals surface area contributed by atoms with Gasteiger partial charge in [-0.15, -0.1) is 0 Å². The van der Waals surface area contributed by atoms with Crippen LogP contribution in [-0.4, -0.2) is 52.4 Å². The van der Waals surface area contributed by atoms with Gasteiger partial charge in [0.1, 0.15) is 11.8 Å². The van der Waals surface area contributed by atoms with Crippen LogP contribution in [0.2, 0.25) is 0 Å². The fraction of sp³-hybridized carbons (Fsp3) is 0.700. The number of rotatable bonds is 3. The molecule has 3 aliphatic rings. The Kier molecular flexibility index (Phi) is 4.56. The average molecular weight is 340 g/mol. The fourth-order valence-corrected chi connectivity index (χ4v) is 5.47. The lowest BCUT2D eigenvalue weighted by Crippen LogP contribution is -2.62. The van der Waals surface area contributed by atoms with Gasteiger partial charge in [0.15, 0.2) is 0 Å². The molecule has 25 heavy (non-hydrogen) atoms. The largest absolute Gasteiger partial charge is 0.356 e. The predicted octanol–water partition coefficient (Wildman–Crippen LogP) is 3.00. The van der Waals surface area contributed by atoms with Crippen LogP contribution < -0.4 is 0 Å². The molecule has 3 saturated heterocycles. The number of aromatic amines is 1. The summed E-state index contributed by atoms with van der Waals surface area (Å²) in [6.45, 7) is 5.18. The molecule has 1 amide bonds. The second kappa shape index (κ2) is 6.84. The molecule has 5 nitrogen and oxygen atoms in total. The zero-order valence-electron chi connectivity index (χ0n) is 15.1. The number of likely N-dealkylation sites (tertiary alicyclic amines) is 1. The van der Waals surface area contributed by atoms with E-state index in [1.54, 1.807) is 12.3 Å². The molecule has 0 aromatic carbocycles. The van der Waals surface area contributed by atoms with Crippen molar-refractivity contribution in [3.05, 3.63) is 23.5 Å². The number of amides is 1. The molecule has 5 heteroatoms. The first-order valence-corrected chi connectivity index (χ1v) is 9.83. The van der Waals surface area contributed by atoms with Gasteiger partial charge >= 0.3 is 0 Å². The summed E-state index contributed by atoms with van der Waals surface area (Å²) in [7, 11) is 0. The molecule has 4 atom stereocenters. The number of nitriles is 1. The summed E-state index contributed by atoms with van der Waals surface area (Å²) < 4.78 is 0. The quantitative estimate of drug-likeness (QED) is 0.920. The zero-order chi connectivity index (χ0) is 17.4. The summed E-state index contributed by atoms with van der Waals surface area (Å²) in [5, 5.41) is 8.97. The van der Waals surface area contributed by atoms with Gasteiger partial charge in [0, 0.05) is 37.9 Å². The summed E-state index contributed by atoms with van der Waals surface area (Å²) in [5.74, 6) is 1.27. The van der Waals surface area contributed by atoms with Crippen LogP contribution in [0.5, 0.6) is 0 Å². The van der Waals surface area contributed by atoms with Gasteiger partial charge in [0.25, 0.3) is 5.91 Å². The Morgan fingerprint density at radius 1 is 1.36 bits per heavy atom. The molecule has 1 aromatic rings. The van der Waals surface area contributed by atoms with Crippen molar-refractivity contribution >= 4 is 5.91 Å². The van der Waals surface area contributed by atoms with Gasteiger partial charge in [-0.2, -0.15) is 5.26 Å². The van der Waals surface area contributed by atoms with Crippen LogP contribution in [0.15, 0.2) is 12.3 Å². The summed E-state index contributed by atoms with van der Waals surface area (Å²) in [6.07, 6.45) is 9.46. The molecule has 0 spiro atoms. The Morgan fingerprint density at radius 3 is 3.00 bits per heavy atom. The molecule has 2 bridgehead atoms. The minimum atomic E-state index is 0.0607. The Morgan fingerprint density at radius 2 is 2.24 bits per heavy atom. The van der Waals surface area contributed by atoms with Crippen molar-refractivity contribution in [1.82, 2.24) is 14.8 Å². The maximum absolute atomic E-state index is 12.9. The van der Waals surface area contributed by atoms with E-state index in [0.717, 1.165) is 25.7 Å². The second-order valence-corrected chi connectivity index (χ2v) is 8.12. The van der Waals surface area contributed by atoms with E-state index in [-0.39, 0.29) is 5.91 Å². The second-order valence-electron chi connectivity index (χ2n) is 8.12. The molecule has 0 unspecified atom stereocenters. The van der Waals surface area contributed by atoms with Gasteiger partial charge < -0.3 is 9.88 Å². The van der Waals surface area contributed by atoms with Gasteiger partial charge in [-0.3, -0.25) is 9.69 Å². The first kappa shape index (κ1) is 16.7. The molecular formula is C20H28N4O. The van der Waals surface area contributed by atoms with Gasteiger partial charge in [-0.1, -0.05) is 19.8 Å². The number of aromatic nitrogens is 1. The first-order valence-electron chi connectivity index (χ1n) is 9.83. The van der Waals surface area contributed by atoms with E-state index in [2.05, 4.69) is 22.9 Å². The van der Waals surface area contributed by atoms with Crippen LogP contribution in [0.4, 0.5) is 0 Å². The lowest BCUT2D eigenvalue weighted by molar-refractivity contribution is -0.0519. The Balaban J connectivity index is 1.49. The van der Waals surface area contributed by atoms with Crippen LogP contribution in [0.3, 0.4) is 0 Å².